The molecule has 2 atom stereocenters. The third-order valence-corrected chi connectivity index (χ3v) is 8.33. The van der Waals surface area contributed by atoms with Crippen LogP contribution in [0.15, 0.2) is 35.5 Å². The Labute approximate surface area is 178 Å². The van der Waals surface area contributed by atoms with E-state index in [2.05, 4.69) is 67.8 Å². The van der Waals surface area contributed by atoms with Crippen molar-refractivity contribution in [2.24, 2.45) is 5.92 Å². The molecule has 2 aliphatic heterocycles. The van der Waals surface area contributed by atoms with E-state index in [4.69, 9.17) is 0 Å². The average molecular weight is 425 g/mol. The Morgan fingerprint density at radius 1 is 1.24 bits per heavy atom. The smallest absolute Gasteiger partial charge is 0.249 e. The fourth-order valence-corrected chi connectivity index (χ4v) is 6.99. The Morgan fingerprint density at radius 3 is 3.03 bits per heavy atom. The molecule has 0 radical (unpaired) electrons. The van der Waals surface area contributed by atoms with Gasteiger partial charge in [-0.2, -0.15) is 0 Å². The first-order valence-corrected chi connectivity index (χ1v) is 12.1. The molecule has 1 aliphatic carbocycles. The quantitative estimate of drug-likeness (QED) is 0.623. The normalized spacial score (nSPS) is 22.2. The number of nitrogens with zero attached hydrogens (tertiary/aromatic N) is 4. The van der Waals surface area contributed by atoms with Gasteiger partial charge < -0.3 is 0 Å². The monoisotopic (exact) mass is 424 g/mol. The molecule has 1 saturated heterocycles. The van der Waals surface area contributed by atoms with Gasteiger partial charge >= 0.3 is 0 Å². The molecular weight excluding hydrogens is 400 g/mol. The van der Waals surface area contributed by atoms with Crippen LogP contribution in [-0.4, -0.2) is 27.2 Å². The standard InChI is InChI=1S/C21H24N6S2/c1-13-7-8-16-15(11-13)17-18-22-12-23-27(18)20-24-25-21(26(20)19(17)29-16)28-10-9-14-5-3-2-4-6-14/h2-6,13,18,22-23H,7-12H2,1H3/t13-,18?/m0/s1. The highest BCUT2D eigenvalue weighted by Crippen LogP contribution is 2.48. The van der Waals surface area contributed by atoms with Gasteiger partial charge in [0, 0.05) is 16.2 Å². The van der Waals surface area contributed by atoms with Crippen molar-refractivity contribution < 1.29 is 0 Å². The Hall–Kier alpha value is -1.87. The van der Waals surface area contributed by atoms with Crippen molar-refractivity contribution in [3.63, 3.8) is 0 Å². The fourth-order valence-electron chi connectivity index (χ4n) is 4.64. The number of fused-ring (bicyclic) bond motifs is 8. The largest absolute Gasteiger partial charge is 0.278 e. The summed E-state index contributed by atoms with van der Waals surface area (Å²) in [6.45, 7) is 3.14. The van der Waals surface area contributed by atoms with Crippen molar-refractivity contribution >= 4 is 29.0 Å². The van der Waals surface area contributed by atoms with Crippen molar-refractivity contribution in [2.45, 2.75) is 43.9 Å². The van der Waals surface area contributed by atoms with Crippen LogP contribution >= 0.6 is 23.1 Å². The van der Waals surface area contributed by atoms with Crippen LogP contribution in [0.4, 0.5) is 5.95 Å². The molecule has 6 nitrogen and oxygen atoms in total. The van der Waals surface area contributed by atoms with Crippen LogP contribution in [0.1, 0.15) is 41.1 Å². The van der Waals surface area contributed by atoms with E-state index in [9.17, 15) is 0 Å². The summed E-state index contributed by atoms with van der Waals surface area (Å²) < 4.78 is 2.29. The summed E-state index contributed by atoms with van der Waals surface area (Å²) in [5, 5.41) is 17.3. The minimum atomic E-state index is 0.161. The zero-order chi connectivity index (χ0) is 19.4. The number of aryl methyl sites for hydroxylation is 2. The molecule has 3 aromatic rings. The van der Waals surface area contributed by atoms with Crippen molar-refractivity contribution in [1.29, 1.82) is 0 Å². The van der Waals surface area contributed by atoms with E-state index in [1.54, 1.807) is 22.2 Å². The molecule has 0 amide bonds. The highest BCUT2D eigenvalue weighted by atomic mass is 32.2. The zero-order valence-electron chi connectivity index (χ0n) is 16.4. The number of aromatic nitrogens is 3. The summed E-state index contributed by atoms with van der Waals surface area (Å²) in [5.41, 5.74) is 7.83. The predicted molar refractivity (Wildman–Crippen MR) is 118 cm³/mol. The number of hydrogen-bond donors (Lipinski definition) is 2. The van der Waals surface area contributed by atoms with E-state index in [0.29, 0.717) is 0 Å². The van der Waals surface area contributed by atoms with Gasteiger partial charge in [0.05, 0.1) is 6.67 Å². The minimum Gasteiger partial charge on any atom is -0.278 e. The number of anilines is 1. The van der Waals surface area contributed by atoms with E-state index < -0.39 is 0 Å². The van der Waals surface area contributed by atoms with Gasteiger partial charge in [0.1, 0.15) is 11.2 Å². The summed E-state index contributed by atoms with van der Waals surface area (Å²) in [4.78, 5) is 1.56. The van der Waals surface area contributed by atoms with E-state index in [1.807, 2.05) is 11.3 Å². The molecule has 3 aliphatic rings. The first-order valence-electron chi connectivity index (χ1n) is 10.3. The van der Waals surface area contributed by atoms with Crippen LogP contribution in [0.2, 0.25) is 0 Å². The van der Waals surface area contributed by atoms with Gasteiger partial charge in [-0.1, -0.05) is 49.0 Å². The molecule has 8 heteroatoms. The highest BCUT2D eigenvalue weighted by Gasteiger charge is 2.42. The lowest BCUT2D eigenvalue weighted by atomic mass is 9.87. The predicted octanol–water partition coefficient (Wildman–Crippen LogP) is 3.67. The number of thiophene rings is 1. The first-order chi connectivity index (χ1) is 14.3. The van der Waals surface area contributed by atoms with E-state index in [0.717, 1.165) is 35.9 Å². The molecule has 2 aromatic heterocycles. The maximum absolute atomic E-state index is 4.58. The second-order valence-electron chi connectivity index (χ2n) is 8.08. The molecule has 1 fully saturated rings. The second-order valence-corrected chi connectivity index (χ2v) is 10.2. The van der Waals surface area contributed by atoms with Crippen molar-refractivity contribution in [2.75, 3.05) is 17.4 Å². The molecule has 0 spiro atoms. The summed E-state index contributed by atoms with van der Waals surface area (Å²) in [5.74, 6) is 2.65. The molecule has 6 rings (SSSR count). The Bertz CT molecular complexity index is 1040. The first kappa shape index (κ1) is 17.9. The Morgan fingerprint density at radius 2 is 2.14 bits per heavy atom. The van der Waals surface area contributed by atoms with Crippen LogP contribution in [0.3, 0.4) is 0 Å². The molecule has 1 aromatic carbocycles. The summed E-state index contributed by atoms with van der Waals surface area (Å²) in [6, 6.07) is 10.7. The molecule has 2 N–H and O–H groups in total. The summed E-state index contributed by atoms with van der Waals surface area (Å²) in [6.07, 6.45) is 4.86. The summed E-state index contributed by atoms with van der Waals surface area (Å²) >= 11 is 3.76. The van der Waals surface area contributed by atoms with Crippen molar-refractivity contribution in [3.8, 4) is 5.00 Å². The van der Waals surface area contributed by atoms with Gasteiger partial charge in [-0.25, -0.2) is 9.99 Å². The Kier molecular flexibility index (Phi) is 4.41. The fraction of sp³-hybridized carbons (Fsp3) is 0.429. The molecule has 4 heterocycles. The van der Waals surface area contributed by atoms with Crippen LogP contribution < -0.4 is 15.8 Å². The molecule has 1 unspecified atom stereocenters. The van der Waals surface area contributed by atoms with Crippen LogP contribution in [0.5, 0.6) is 0 Å². The molecule has 0 saturated carbocycles. The van der Waals surface area contributed by atoms with Gasteiger partial charge in [-0.15, -0.1) is 21.5 Å². The number of rotatable bonds is 4. The number of hydrazine groups is 1. The lowest BCUT2D eigenvalue weighted by molar-refractivity contribution is 0.495. The summed E-state index contributed by atoms with van der Waals surface area (Å²) in [7, 11) is 0. The maximum Gasteiger partial charge on any atom is 0.249 e. The minimum absolute atomic E-state index is 0.161. The molecule has 29 heavy (non-hydrogen) atoms. The number of thioether (sulfide) groups is 1. The SMILES string of the molecule is C[C@H]1CCc2sc3c(c2C1)C1NCNN1c1nnc(SCCc2ccccc2)n1-3. The molecular formula is C21H24N6S2. The van der Waals surface area contributed by atoms with Gasteiger partial charge in [0.25, 0.3) is 0 Å². The molecule has 0 bridgehead atoms. The second kappa shape index (κ2) is 7.12. The number of nitrogens with one attached hydrogen (secondary N) is 2. The van der Waals surface area contributed by atoms with Crippen LogP contribution in [-0.2, 0) is 19.3 Å². The lowest BCUT2D eigenvalue weighted by Gasteiger charge is -2.31. The van der Waals surface area contributed by atoms with E-state index >= 15 is 0 Å². The maximum atomic E-state index is 4.58. The average Bonchev–Trinajstić information content (AvgIpc) is 3.44. The topological polar surface area (TPSA) is 58.0 Å². The van der Waals surface area contributed by atoms with Gasteiger partial charge in [0.15, 0.2) is 5.16 Å². The van der Waals surface area contributed by atoms with Crippen molar-refractivity contribution in [3.05, 3.63) is 51.9 Å². The van der Waals surface area contributed by atoms with Gasteiger partial charge in [-0.05, 0) is 42.7 Å². The zero-order valence-corrected chi connectivity index (χ0v) is 18.0. The van der Waals surface area contributed by atoms with Gasteiger partial charge in [0.2, 0.25) is 5.95 Å². The third-order valence-electron chi connectivity index (χ3n) is 6.10. The number of hydrogen-bond acceptors (Lipinski definition) is 7. The van der Waals surface area contributed by atoms with Crippen LogP contribution in [0.25, 0.3) is 5.00 Å². The van der Waals surface area contributed by atoms with E-state index in [-0.39, 0.29) is 6.17 Å². The third kappa shape index (κ3) is 2.92. The Balaban J connectivity index is 1.36. The van der Waals surface area contributed by atoms with E-state index in [1.165, 1.54) is 35.4 Å². The lowest BCUT2D eigenvalue weighted by Crippen LogP contribution is -2.39. The number of benzene rings is 1. The highest BCUT2D eigenvalue weighted by molar-refractivity contribution is 7.99. The molecule has 150 valence electrons. The van der Waals surface area contributed by atoms with Gasteiger partial charge in [-0.3, -0.25) is 10.3 Å². The van der Waals surface area contributed by atoms with Crippen LogP contribution in [0, 0.1) is 5.92 Å². The van der Waals surface area contributed by atoms with Crippen molar-refractivity contribution in [1.82, 2.24) is 25.5 Å².